The lowest BCUT2D eigenvalue weighted by Gasteiger charge is -2.17. The van der Waals surface area contributed by atoms with Gasteiger partial charge in [0, 0.05) is 0 Å². The Hall–Kier alpha value is -2.16. The monoisotopic (exact) mass is 314 g/mol. The second-order valence-corrected chi connectivity index (χ2v) is 6.35. The Balaban J connectivity index is 2.61. The number of ether oxygens (including phenoxy) is 1. The van der Waals surface area contributed by atoms with Crippen molar-refractivity contribution in [2.75, 3.05) is 7.11 Å². The molecule has 122 valence electrons. The molecule has 23 heavy (non-hydrogen) atoms. The van der Waals surface area contributed by atoms with Crippen LogP contribution < -0.4 is 0 Å². The Morgan fingerprint density at radius 3 is 2.00 bits per heavy atom. The molecule has 2 aromatic carbocycles. The molecule has 0 fully saturated rings. The number of methoxy groups -OCH3 is 1. The van der Waals surface area contributed by atoms with E-state index in [0.717, 1.165) is 11.1 Å². The SMILES string of the molecule is COC(=O)c1cccc(-c2cc(C(C)C)c(F)c(C(C)C)c2)c1. The van der Waals surface area contributed by atoms with Crippen molar-refractivity contribution in [2.45, 2.75) is 39.5 Å². The average Bonchev–Trinajstić information content (AvgIpc) is 2.53. The Kier molecular flexibility index (Phi) is 5.19. The number of rotatable bonds is 4. The second kappa shape index (κ2) is 6.95. The number of esters is 1. The minimum atomic E-state index is -0.373. The molecule has 0 saturated heterocycles. The van der Waals surface area contributed by atoms with Crippen molar-refractivity contribution in [2.24, 2.45) is 0 Å². The molecule has 0 aliphatic heterocycles. The molecule has 0 heterocycles. The van der Waals surface area contributed by atoms with E-state index in [2.05, 4.69) is 0 Å². The van der Waals surface area contributed by atoms with Gasteiger partial charge in [-0.15, -0.1) is 0 Å². The Morgan fingerprint density at radius 1 is 0.957 bits per heavy atom. The van der Waals surface area contributed by atoms with E-state index in [1.807, 2.05) is 52.0 Å². The molecule has 3 heteroatoms. The Bertz CT molecular complexity index is 688. The fourth-order valence-electron chi connectivity index (χ4n) is 2.62. The highest BCUT2D eigenvalue weighted by atomic mass is 19.1. The predicted molar refractivity (Wildman–Crippen MR) is 91.4 cm³/mol. The average molecular weight is 314 g/mol. The van der Waals surface area contributed by atoms with E-state index < -0.39 is 0 Å². The summed E-state index contributed by atoms with van der Waals surface area (Å²) in [6, 6.07) is 11.0. The number of halogens is 1. The first-order valence-electron chi connectivity index (χ1n) is 7.87. The van der Waals surface area contributed by atoms with E-state index >= 15 is 0 Å². The summed E-state index contributed by atoms with van der Waals surface area (Å²) in [5.74, 6) is -0.308. The van der Waals surface area contributed by atoms with Gasteiger partial charge >= 0.3 is 5.97 Å². The van der Waals surface area contributed by atoms with Crippen LogP contribution in [0.2, 0.25) is 0 Å². The number of benzene rings is 2. The molecule has 0 aliphatic carbocycles. The maximum absolute atomic E-state index is 14.7. The minimum Gasteiger partial charge on any atom is -0.465 e. The first-order chi connectivity index (χ1) is 10.8. The standard InChI is InChI=1S/C20H23FO2/c1-12(2)17-10-16(11-18(13(3)4)19(17)21)14-7-6-8-15(9-14)20(22)23-5/h6-13H,1-5H3. The van der Waals surface area contributed by atoms with Crippen molar-refractivity contribution in [3.8, 4) is 11.1 Å². The van der Waals surface area contributed by atoms with Crippen LogP contribution >= 0.6 is 0 Å². The number of hydrogen-bond acceptors (Lipinski definition) is 2. The summed E-state index contributed by atoms with van der Waals surface area (Å²) in [5.41, 5.74) is 3.71. The van der Waals surface area contributed by atoms with E-state index in [1.165, 1.54) is 7.11 Å². The van der Waals surface area contributed by atoms with Crippen LogP contribution in [0.25, 0.3) is 11.1 Å². The van der Waals surface area contributed by atoms with Crippen molar-refractivity contribution < 1.29 is 13.9 Å². The molecule has 0 N–H and O–H groups in total. The Labute approximate surface area is 137 Å². The van der Waals surface area contributed by atoms with Crippen LogP contribution in [0.1, 0.15) is 61.0 Å². The number of carbonyl (C=O) groups is 1. The molecule has 0 aliphatic rings. The van der Waals surface area contributed by atoms with Crippen LogP contribution in [-0.4, -0.2) is 13.1 Å². The maximum Gasteiger partial charge on any atom is 0.337 e. The third kappa shape index (κ3) is 3.61. The summed E-state index contributed by atoms with van der Waals surface area (Å²) in [5, 5.41) is 0. The zero-order valence-electron chi connectivity index (χ0n) is 14.3. The number of carbonyl (C=O) groups excluding carboxylic acids is 1. The first kappa shape index (κ1) is 17.2. The highest BCUT2D eigenvalue weighted by molar-refractivity contribution is 5.91. The van der Waals surface area contributed by atoms with E-state index in [4.69, 9.17) is 4.74 Å². The van der Waals surface area contributed by atoms with Gasteiger partial charge in [-0.2, -0.15) is 0 Å². The summed E-state index contributed by atoms with van der Waals surface area (Å²) in [6.07, 6.45) is 0. The lowest BCUT2D eigenvalue weighted by molar-refractivity contribution is 0.0601. The molecule has 0 spiro atoms. The molecule has 0 radical (unpaired) electrons. The van der Waals surface area contributed by atoms with Crippen LogP contribution in [0.5, 0.6) is 0 Å². The fourth-order valence-corrected chi connectivity index (χ4v) is 2.62. The maximum atomic E-state index is 14.7. The Morgan fingerprint density at radius 2 is 1.52 bits per heavy atom. The largest absolute Gasteiger partial charge is 0.465 e. The van der Waals surface area contributed by atoms with Gasteiger partial charge in [0.1, 0.15) is 5.82 Å². The first-order valence-corrected chi connectivity index (χ1v) is 7.87. The van der Waals surface area contributed by atoms with Crippen LogP contribution in [0.15, 0.2) is 36.4 Å². The smallest absolute Gasteiger partial charge is 0.337 e. The van der Waals surface area contributed by atoms with Gasteiger partial charge in [-0.05, 0) is 58.4 Å². The molecular weight excluding hydrogens is 291 g/mol. The van der Waals surface area contributed by atoms with E-state index in [-0.39, 0.29) is 23.6 Å². The van der Waals surface area contributed by atoms with Crippen molar-refractivity contribution in [3.05, 3.63) is 58.9 Å². The highest BCUT2D eigenvalue weighted by Crippen LogP contribution is 2.32. The number of hydrogen-bond donors (Lipinski definition) is 0. The molecule has 0 unspecified atom stereocenters. The highest BCUT2D eigenvalue weighted by Gasteiger charge is 2.17. The molecule has 0 aromatic heterocycles. The fraction of sp³-hybridized carbons (Fsp3) is 0.350. The van der Waals surface area contributed by atoms with Crippen molar-refractivity contribution in [1.29, 1.82) is 0 Å². The zero-order valence-corrected chi connectivity index (χ0v) is 14.3. The molecular formula is C20H23FO2. The van der Waals surface area contributed by atoms with E-state index in [1.54, 1.807) is 12.1 Å². The van der Waals surface area contributed by atoms with Gasteiger partial charge < -0.3 is 4.74 Å². The summed E-state index contributed by atoms with van der Waals surface area (Å²) >= 11 is 0. The van der Waals surface area contributed by atoms with Crippen LogP contribution in [0, 0.1) is 5.82 Å². The molecule has 2 aromatic rings. The second-order valence-electron chi connectivity index (χ2n) is 6.35. The third-order valence-corrected chi connectivity index (χ3v) is 3.99. The van der Waals surface area contributed by atoms with Gasteiger partial charge in [-0.3, -0.25) is 0 Å². The molecule has 0 saturated carbocycles. The van der Waals surface area contributed by atoms with Gasteiger partial charge in [0.05, 0.1) is 12.7 Å². The normalized spacial score (nSPS) is 11.1. The molecule has 0 amide bonds. The van der Waals surface area contributed by atoms with E-state index in [0.29, 0.717) is 16.7 Å². The van der Waals surface area contributed by atoms with Gasteiger partial charge in [0.2, 0.25) is 0 Å². The zero-order chi connectivity index (χ0) is 17.1. The lowest BCUT2D eigenvalue weighted by atomic mass is 9.89. The minimum absolute atomic E-state index is 0.0937. The predicted octanol–water partition coefficient (Wildman–Crippen LogP) is 5.53. The van der Waals surface area contributed by atoms with Crippen LogP contribution in [-0.2, 0) is 4.74 Å². The summed E-state index contributed by atoms with van der Waals surface area (Å²) in [7, 11) is 1.36. The molecule has 2 rings (SSSR count). The lowest BCUT2D eigenvalue weighted by Crippen LogP contribution is -2.03. The van der Waals surface area contributed by atoms with Crippen LogP contribution in [0.4, 0.5) is 4.39 Å². The van der Waals surface area contributed by atoms with Crippen molar-refractivity contribution >= 4 is 5.97 Å². The van der Waals surface area contributed by atoms with E-state index in [9.17, 15) is 9.18 Å². The summed E-state index contributed by atoms with van der Waals surface area (Å²) in [4.78, 5) is 11.7. The van der Waals surface area contributed by atoms with Crippen molar-refractivity contribution in [1.82, 2.24) is 0 Å². The topological polar surface area (TPSA) is 26.3 Å². The van der Waals surface area contributed by atoms with Crippen molar-refractivity contribution in [3.63, 3.8) is 0 Å². The van der Waals surface area contributed by atoms with Crippen LogP contribution in [0.3, 0.4) is 0 Å². The summed E-state index contributed by atoms with van der Waals surface area (Å²) in [6.45, 7) is 7.93. The quantitative estimate of drug-likeness (QED) is 0.694. The molecule has 0 bridgehead atoms. The van der Waals surface area contributed by atoms with Gasteiger partial charge in [0.25, 0.3) is 0 Å². The summed E-state index contributed by atoms with van der Waals surface area (Å²) < 4.78 is 19.4. The van der Waals surface area contributed by atoms with Gasteiger partial charge in [-0.25, -0.2) is 9.18 Å². The van der Waals surface area contributed by atoms with Gasteiger partial charge in [-0.1, -0.05) is 39.8 Å². The third-order valence-electron chi connectivity index (χ3n) is 3.99. The van der Waals surface area contributed by atoms with Gasteiger partial charge in [0.15, 0.2) is 0 Å². The molecule has 0 atom stereocenters. The molecule has 2 nitrogen and oxygen atoms in total.